The summed E-state index contributed by atoms with van der Waals surface area (Å²) in [5.74, 6) is -0.410. The molecule has 0 radical (unpaired) electrons. The summed E-state index contributed by atoms with van der Waals surface area (Å²) in [6.45, 7) is 2.70. The van der Waals surface area contributed by atoms with Crippen molar-refractivity contribution in [1.82, 2.24) is 4.98 Å². The van der Waals surface area contributed by atoms with E-state index in [2.05, 4.69) is 4.98 Å². The molecule has 0 amide bonds. The number of halogens is 1. The molecule has 2 heterocycles. The molecule has 1 aliphatic heterocycles. The van der Waals surface area contributed by atoms with Gasteiger partial charge in [-0.05, 0) is 6.07 Å². The van der Waals surface area contributed by atoms with Gasteiger partial charge in [0, 0.05) is 19.3 Å². The second-order valence-corrected chi connectivity index (χ2v) is 3.83. The third-order valence-corrected chi connectivity index (χ3v) is 2.71. The van der Waals surface area contributed by atoms with Crippen LogP contribution in [-0.2, 0) is 4.74 Å². The Hall–Kier alpha value is -1.33. The molecule has 1 N–H and O–H groups in total. The summed E-state index contributed by atoms with van der Waals surface area (Å²) in [5.41, 5.74) is 0.0816. The molecule has 2 rings (SSSR count). The maximum absolute atomic E-state index is 10.9. The monoisotopic (exact) mass is 242 g/mol. The molecule has 5 nitrogen and oxygen atoms in total. The lowest BCUT2D eigenvalue weighted by molar-refractivity contribution is 0.0697. The average Bonchev–Trinajstić information content (AvgIpc) is 2.30. The molecule has 0 aromatic carbocycles. The Morgan fingerprint density at radius 2 is 2.19 bits per heavy atom. The number of aromatic carboxylic acids is 1. The van der Waals surface area contributed by atoms with E-state index in [-0.39, 0.29) is 10.6 Å². The van der Waals surface area contributed by atoms with Crippen molar-refractivity contribution in [3.63, 3.8) is 0 Å². The van der Waals surface area contributed by atoms with Gasteiger partial charge in [-0.2, -0.15) is 0 Å². The summed E-state index contributed by atoms with van der Waals surface area (Å²) in [6.07, 6.45) is 1.37. The van der Waals surface area contributed by atoms with Crippen molar-refractivity contribution in [2.45, 2.75) is 0 Å². The molecule has 0 atom stereocenters. The molecule has 1 saturated heterocycles. The summed E-state index contributed by atoms with van der Waals surface area (Å²) in [5, 5.41) is 9.09. The van der Waals surface area contributed by atoms with E-state index in [1.54, 1.807) is 0 Å². The lowest BCUT2D eigenvalue weighted by Gasteiger charge is -2.27. The van der Waals surface area contributed by atoms with Crippen molar-refractivity contribution < 1.29 is 14.6 Å². The minimum Gasteiger partial charge on any atom is -0.478 e. The second kappa shape index (κ2) is 4.67. The molecule has 86 valence electrons. The topological polar surface area (TPSA) is 62.7 Å². The maximum Gasteiger partial charge on any atom is 0.337 e. The minimum atomic E-state index is -1.04. The smallest absolute Gasteiger partial charge is 0.337 e. The van der Waals surface area contributed by atoms with E-state index in [1.165, 1.54) is 12.3 Å². The van der Waals surface area contributed by atoms with Gasteiger partial charge >= 0.3 is 5.97 Å². The predicted octanol–water partition coefficient (Wildman–Crippen LogP) is 1.27. The van der Waals surface area contributed by atoms with Gasteiger partial charge in [0.15, 0.2) is 0 Å². The van der Waals surface area contributed by atoms with Gasteiger partial charge in [-0.15, -0.1) is 0 Å². The third kappa shape index (κ3) is 2.25. The number of aromatic nitrogens is 1. The highest BCUT2D eigenvalue weighted by molar-refractivity contribution is 6.33. The van der Waals surface area contributed by atoms with Crippen LogP contribution in [0.3, 0.4) is 0 Å². The molecular weight excluding hydrogens is 232 g/mol. The zero-order chi connectivity index (χ0) is 11.5. The fraction of sp³-hybridized carbons (Fsp3) is 0.400. The Bertz CT molecular complexity index is 405. The van der Waals surface area contributed by atoms with Crippen molar-refractivity contribution >= 4 is 23.4 Å². The number of nitrogens with zero attached hydrogens (tertiary/aromatic N) is 2. The van der Waals surface area contributed by atoms with E-state index in [1.807, 2.05) is 4.90 Å². The molecule has 0 aliphatic carbocycles. The minimum absolute atomic E-state index is 0.0816. The summed E-state index contributed by atoms with van der Waals surface area (Å²) < 4.78 is 5.21. The van der Waals surface area contributed by atoms with Crippen LogP contribution < -0.4 is 4.90 Å². The summed E-state index contributed by atoms with van der Waals surface area (Å²) in [6, 6.07) is 1.50. The fourth-order valence-electron chi connectivity index (χ4n) is 1.56. The zero-order valence-corrected chi connectivity index (χ0v) is 9.28. The van der Waals surface area contributed by atoms with Crippen molar-refractivity contribution in [3.8, 4) is 0 Å². The molecule has 0 saturated carbocycles. The standard InChI is InChI=1S/C10H11ClN2O3/c11-8-6-12-9(5-7(8)10(14)15)13-1-3-16-4-2-13/h5-6H,1-4H2,(H,14,15). The molecular formula is C10H11ClN2O3. The Balaban J connectivity index is 2.27. The highest BCUT2D eigenvalue weighted by Crippen LogP contribution is 2.21. The van der Waals surface area contributed by atoms with E-state index in [9.17, 15) is 4.79 Å². The first kappa shape index (κ1) is 11.2. The number of ether oxygens (including phenoxy) is 1. The molecule has 0 spiro atoms. The van der Waals surface area contributed by atoms with Crippen LogP contribution in [0.4, 0.5) is 5.82 Å². The molecule has 1 aromatic heterocycles. The Labute approximate surface area is 97.6 Å². The van der Waals surface area contributed by atoms with Crippen LogP contribution >= 0.6 is 11.6 Å². The number of hydrogen-bond donors (Lipinski definition) is 1. The summed E-state index contributed by atoms with van der Waals surface area (Å²) in [7, 11) is 0. The van der Waals surface area contributed by atoms with Crippen LogP contribution in [-0.4, -0.2) is 42.4 Å². The molecule has 0 bridgehead atoms. The van der Waals surface area contributed by atoms with E-state index in [0.717, 1.165) is 0 Å². The number of hydrogen-bond acceptors (Lipinski definition) is 4. The number of morpholine rings is 1. The second-order valence-electron chi connectivity index (χ2n) is 3.43. The summed E-state index contributed by atoms with van der Waals surface area (Å²) in [4.78, 5) is 17.0. The van der Waals surface area contributed by atoms with Crippen LogP contribution in [0.1, 0.15) is 10.4 Å². The van der Waals surface area contributed by atoms with Crippen LogP contribution in [0.25, 0.3) is 0 Å². The van der Waals surface area contributed by atoms with E-state index < -0.39 is 5.97 Å². The van der Waals surface area contributed by atoms with E-state index >= 15 is 0 Å². The van der Waals surface area contributed by atoms with Gasteiger partial charge < -0.3 is 14.7 Å². The first-order valence-electron chi connectivity index (χ1n) is 4.90. The fourth-order valence-corrected chi connectivity index (χ4v) is 1.74. The van der Waals surface area contributed by atoms with Gasteiger partial charge in [0.1, 0.15) is 5.82 Å². The van der Waals surface area contributed by atoms with Gasteiger partial charge in [-0.25, -0.2) is 9.78 Å². The van der Waals surface area contributed by atoms with Gasteiger partial charge in [0.05, 0.1) is 23.8 Å². The highest BCUT2D eigenvalue weighted by Gasteiger charge is 2.16. The molecule has 1 aliphatic rings. The first-order valence-corrected chi connectivity index (χ1v) is 5.28. The SMILES string of the molecule is O=C(O)c1cc(N2CCOCC2)ncc1Cl. The normalized spacial score (nSPS) is 16.2. The molecule has 6 heteroatoms. The first-order chi connectivity index (χ1) is 7.68. The predicted molar refractivity (Wildman–Crippen MR) is 59.2 cm³/mol. The Kier molecular flexibility index (Phi) is 3.26. The summed E-state index contributed by atoms with van der Waals surface area (Å²) >= 11 is 5.74. The third-order valence-electron chi connectivity index (χ3n) is 2.41. The molecule has 1 fully saturated rings. The Morgan fingerprint density at radius 1 is 1.50 bits per heavy atom. The lowest BCUT2D eigenvalue weighted by Crippen LogP contribution is -2.36. The Morgan fingerprint density at radius 3 is 2.81 bits per heavy atom. The van der Waals surface area contributed by atoms with Crippen LogP contribution in [0.15, 0.2) is 12.3 Å². The van der Waals surface area contributed by atoms with Gasteiger partial charge in [0.2, 0.25) is 0 Å². The number of rotatable bonds is 2. The van der Waals surface area contributed by atoms with E-state index in [4.69, 9.17) is 21.4 Å². The van der Waals surface area contributed by atoms with Crippen molar-refractivity contribution in [2.24, 2.45) is 0 Å². The maximum atomic E-state index is 10.9. The number of carboxylic acid groups (broad SMARTS) is 1. The van der Waals surface area contributed by atoms with Crippen molar-refractivity contribution in [3.05, 3.63) is 22.8 Å². The zero-order valence-electron chi connectivity index (χ0n) is 8.52. The van der Waals surface area contributed by atoms with Gasteiger partial charge in [-0.1, -0.05) is 11.6 Å². The largest absolute Gasteiger partial charge is 0.478 e. The molecule has 1 aromatic rings. The van der Waals surface area contributed by atoms with Crippen LogP contribution in [0, 0.1) is 0 Å². The quantitative estimate of drug-likeness (QED) is 0.846. The number of carboxylic acids is 1. The van der Waals surface area contributed by atoms with Crippen LogP contribution in [0.2, 0.25) is 5.02 Å². The lowest BCUT2D eigenvalue weighted by atomic mass is 10.2. The molecule has 0 unspecified atom stereocenters. The van der Waals surface area contributed by atoms with Crippen molar-refractivity contribution in [2.75, 3.05) is 31.2 Å². The average molecular weight is 243 g/mol. The van der Waals surface area contributed by atoms with E-state index in [0.29, 0.717) is 32.1 Å². The number of anilines is 1. The van der Waals surface area contributed by atoms with Gasteiger partial charge in [-0.3, -0.25) is 0 Å². The van der Waals surface area contributed by atoms with Crippen molar-refractivity contribution in [1.29, 1.82) is 0 Å². The number of pyridine rings is 1. The highest BCUT2D eigenvalue weighted by atomic mass is 35.5. The van der Waals surface area contributed by atoms with Crippen LogP contribution in [0.5, 0.6) is 0 Å². The van der Waals surface area contributed by atoms with Gasteiger partial charge in [0.25, 0.3) is 0 Å². The molecule has 16 heavy (non-hydrogen) atoms. The number of carbonyl (C=O) groups is 1.